The first-order chi connectivity index (χ1) is 12.0. The van der Waals surface area contributed by atoms with Crippen LogP contribution in [0.5, 0.6) is 0 Å². The van der Waals surface area contributed by atoms with Crippen molar-refractivity contribution in [2.45, 2.75) is 38.2 Å². The molecule has 7 heteroatoms. The number of aliphatic carboxylic acids is 1. The van der Waals surface area contributed by atoms with Gasteiger partial charge in [-0.1, -0.05) is 25.3 Å². The summed E-state index contributed by atoms with van der Waals surface area (Å²) < 4.78 is 4.77. The van der Waals surface area contributed by atoms with E-state index in [1.54, 1.807) is 24.3 Å². The molecule has 1 aromatic carbocycles. The number of amides is 2. The fourth-order valence-corrected chi connectivity index (χ4v) is 2.91. The van der Waals surface area contributed by atoms with Crippen LogP contribution in [-0.4, -0.2) is 42.6 Å². The molecule has 0 aromatic heterocycles. The zero-order valence-electron chi connectivity index (χ0n) is 14.3. The normalized spacial score (nSPS) is 16.0. The van der Waals surface area contributed by atoms with E-state index in [0.717, 1.165) is 25.7 Å². The number of carbonyl (C=O) groups is 3. The molecule has 0 aliphatic heterocycles. The predicted octanol–water partition coefficient (Wildman–Crippen LogP) is 2.03. The van der Waals surface area contributed by atoms with Gasteiger partial charge in [-0.3, -0.25) is 9.59 Å². The highest BCUT2D eigenvalue weighted by Gasteiger charge is 2.21. The van der Waals surface area contributed by atoms with Gasteiger partial charge in [0, 0.05) is 24.3 Å². The average Bonchev–Trinajstić information content (AvgIpc) is 2.62. The highest BCUT2D eigenvalue weighted by Crippen LogP contribution is 2.25. The van der Waals surface area contributed by atoms with E-state index >= 15 is 0 Å². The third kappa shape index (κ3) is 5.56. The van der Waals surface area contributed by atoms with Crippen LogP contribution in [0.4, 0.5) is 5.69 Å². The molecule has 25 heavy (non-hydrogen) atoms. The van der Waals surface area contributed by atoms with Crippen LogP contribution in [0.15, 0.2) is 24.3 Å². The Morgan fingerprint density at radius 1 is 1.24 bits per heavy atom. The molecule has 1 aliphatic carbocycles. The van der Waals surface area contributed by atoms with Crippen molar-refractivity contribution in [2.24, 2.45) is 5.92 Å². The van der Waals surface area contributed by atoms with Crippen LogP contribution in [0.1, 0.15) is 42.5 Å². The minimum atomic E-state index is -1.14. The van der Waals surface area contributed by atoms with Crippen molar-refractivity contribution in [3.05, 3.63) is 29.8 Å². The number of anilines is 1. The van der Waals surface area contributed by atoms with Crippen molar-refractivity contribution >= 4 is 23.5 Å². The smallest absolute Gasteiger partial charge is 0.334 e. The van der Waals surface area contributed by atoms with E-state index in [0.29, 0.717) is 11.3 Å². The highest BCUT2D eigenvalue weighted by molar-refractivity contribution is 5.97. The predicted molar refractivity (Wildman–Crippen MR) is 92.4 cm³/mol. The Hall–Kier alpha value is -2.41. The van der Waals surface area contributed by atoms with E-state index in [1.807, 2.05) is 0 Å². The number of carboxylic acids is 1. The molecule has 2 rings (SSSR count). The summed E-state index contributed by atoms with van der Waals surface area (Å²) in [4.78, 5) is 35.3. The lowest BCUT2D eigenvalue weighted by atomic mass is 9.88. The topological polar surface area (TPSA) is 105 Å². The quantitative estimate of drug-likeness (QED) is 0.699. The van der Waals surface area contributed by atoms with Crippen molar-refractivity contribution < 1.29 is 24.2 Å². The molecule has 1 saturated carbocycles. The maximum Gasteiger partial charge on any atom is 0.334 e. The van der Waals surface area contributed by atoms with Crippen molar-refractivity contribution in [3.63, 3.8) is 0 Å². The summed E-state index contributed by atoms with van der Waals surface area (Å²) in [6.45, 7) is -0.136. The van der Waals surface area contributed by atoms with Gasteiger partial charge < -0.3 is 20.5 Å². The molecule has 136 valence electrons. The van der Waals surface area contributed by atoms with Crippen LogP contribution >= 0.6 is 0 Å². The standard InChI is InChI=1S/C18H24N2O5/c1-25-15(18(23)24)11-19-16(21)13-8-5-9-14(10-13)20-17(22)12-6-3-2-4-7-12/h5,8-10,12,15H,2-4,6-7,11H2,1H3,(H,19,21)(H,20,22)(H,23,24). The minimum absolute atomic E-state index is 0.0115. The van der Waals surface area contributed by atoms with Crippen molar-refractivity contribution in [2.75, 3.05) is 19.0 Å². The molecule has 0 bridgehead atoms. The highest BCUT2D eigenvalue weighted by atomic mass is 16.5. The summed E-state index contributed by atoms with van der Waals surface area (Å²) in [5, 5.41) is 14.3. The first-order valence-corrected chi connectivity index (χ1v) is 8.46. The largest absolute Gasteiger partial charge is 0.479 e. The zero-order chi connectivity index (χ0) is 18.2. The molecule has 1 aliphatic rings. The molecule has 1 atom stereocenters. The monoisotopic (exact) mass is 348 g/mol. The van der Waals surface area contributed by atoms with Crippen LogP contribution in [0.2, 0.25) is 0 Å². The second-order valence-corrected chi connectivity index (χ2v) is 6.18. The molecule has 0 heterocycles. The van der Waals surface area contributed by atoms with Gasteiger partial charge in [0.25, 0.3) is 5.91 Å². The Kier molecular flexibility index (Phi) is 6.94. The average molecular weight is 348 g/mol. The van der Waals surface area contributed by atoms with Gasteiger partial charge in [0.1, 0.15) is 0 Å². The second kappa shape index (κ2) is 9.17. The number of hydrogen-bond donors (Lipinski definition) is 3. The molecule has 2 amide bonds. The SMILES string of the molecule is COC(CNC(=O)c1cccc(NC(=O)C2CCCCC2)c1)C(=O)O. The molecule has 7 nitrogen and oxygen atoms in total. The van der Waals surface area contributed by atoms with Gasteiger partial charge in [0.05, 0.1) is 6.54 Å². The van der Waals surface area contributed by atoms with Gasteiger partial charge in [0.15, 0.2) is 6.10 Å². The zero-order valence-corrected chi connectivity index (χ0v) is 14.3. The van der Waals surface area contributed by atoms with Crippen LogP contribution in [0.3, 0.4) is 0 Å². The number of ether oxygens (including phenoxy) is 1. The van der Waals surface area contributed by atoms with Crippen molar-refractivity contribution in [3.8, 4) is 0 Å². The van der Waals surface area contributed by atoms with Gasteiger partial charge in [-0.2, -0.15) is 0 Å². The number of carbonyl (C=O) groups excluding carboxylic acids is 2. The first-order valence-electron chi connectivity index (χ1n) is 8.46. The number of carboxylic acid groups (broad SMARTS) is 1. The lowest BCUT2D eigenvalue weighted by molar-refractivity contribution is -0.148. The number of nitrogens with one attached hydrogen (secondary N) is 2. The van der Waals surface area contributed by atoms with E-state index in [9.17, 15) is 14.4 Å². The Morgan fingerprint density at radius 2 is 1.96 bits per heavy atom. The maximum absolute atomic E-state index is 12.3. The minimum Gasteiger partial charge on any atom is -0.479 e. The van der Waals surface area contributed by atoms with Gasteiger partial charge in [-0.25, -0.2) is 4.79 Å². The van der Waals surface area contributed by atoms with Crippen LogP contribution in [0.25, 0.3) is 0 Å². The molecule has 1 unspecified atom stereocenters. The number of hydrogen-bond acceptors (Lipinski definition) is 4. The summed E-state index contributed by atoms with van der Waals surface area (Å²) in [5.74, 6) is -1.54. The van der Waals surface area contributed by atoms with Gasteiger partial charge in [-0.15, -0.1) is 0 Å². The van der Waals surface area contributed by atoms with E-state index < -0.39 is 18.0 Å². The Morgan fingerprint density at radius 3 is 2.60 bits per heavy atom. The molecular weight excluding hydrogens is 324 g/mol. The first kappa shape index (κ1) is 18.9. The van der Waals surface area contributed by atoms with Gasteiger partial charge >= 0.3 is 5.97 Å². The summed E-state index contributed by atoms with van der Waals surface area (Å²) in [5.41, 5.74) is 0.909. The van der Waals surface area contributed by atoms with E-state index in [2.05, 4.69) is 10.6 Å². The molecule has 3 N–H and O–H groups in total. The fourth-order valence-electron chi connectivity index (χ4n) is 2.91. The molecule has 1 aromatic rings. The second-order valence-electron chi connectivity index (χ2n) is 6.18. The number of methoxy groups -OCH3 is 1. The Bertz CT molecular complexity index is 626. The Balaban J connectivity index is 1.94. The third-order valence-electron chi connectivity index (χ3n) is 4.38. The van der Waals surface area contributed by atoms with Crippen LogP contribution in [0, 0.1) is 5.92 Å². The number of benzene rings is 1. The molecule has 1 fully saturated rings. The van der Waals surface area contributed by atoms with Gasteiger partial charge in [-0.05, 0) is 31.0 Å². The Labute approximate surface area is 146 Å². The molecule has 0 saturated heterocycles. The lowest BCUT2D eigenvalue weighted by Crippen LogP contribution is -2.37. The van der Waals surface area contributed by atoms with Crippen LogP contribution in [-0.2, 0) is 14.3 Å². The maximum atomic E-state index is 12.3. The number of rotatable bonds is 7. The third-order valence-corrected chi connectivity index (χ3v) is 4.38. The summed E-state index contributed by atoms with van der Waals surface area (Å²) >= 11 is 0. The van der Waals surface area contributed by atoms with E-state index in [-0.39, 0.29) is 18.4 Å². The van der Waals surface area contributed by atoms with Crippen molar-refractivity contribution in [1.82, 2.24) is 5.32 Å². The molecule has 0 radical (unpaired) electrons. The van der Waals surface area contributed by atoms with Crippen LogP contribution < -0.4 is 10.6 Å². The van der Waals surface area contributed by atoms with Crippen molar-refractivity contribution in [1.29, 1.82) is 0 Å². The summed E-state index contributed by atoms with van der Waals surface area (Å²) in [6.07, 6.45) is 4.03. The fraction of sp³-hybridized carbons (Fsp3) is 0.500. The molecular formula is C18H24N2O5. The lowest BCUT2D eigenvalue weighted by Gasteiger charge is -2.20. The van der Waals surface area contributed by atoms with E-state index in [4.69, 9.17) is 9.84 Å². The summed E-state index contributed by atoms with van der Waals surface area (Å²) in [6, 6.07) is 6.59. The van der Waals surface area contributed by atoms with E-state index in [1.165, 1.54) is 13.5 Å². The van der Waals surface area contributed by atoms with Gasteiger partial charge in [0.2, 0.25) is 5.91 Å². The summed E-state index contributed by atoms with van der Waals surface area (Å²) in [7, 11) is 1.27. The molecule has 0 spiro atoms.